The molecule has 3 rings (SSSR count). The molecule has 3 aromatic rings. The maximum atomic E-state index is 13.1. The lowest BCUT2D eigenvalue weighted by molar-refractivity contribution is 0.187. The van der Waals surface area contributed by atoms with Gasteiger partial charge in [-0.1, -0.05) is 0 Å². The number of fused-ring (bicyclic) bond motifs is 1. The first-order chi connectivity index (χ1) is 10.7. The predicted molar refractivity (Wildman–Crippen MR) is 81.1 cm³/mol. The van der Waals surface area contributed by atoms with Crippen LogP contribution in [-0.2, 0) is 11.3 Å². The second kappa shape index (κ2) is 6.03. The lowest BCUT2D eigenvalue weighted by Crippen LogP contribution is -2.26. The molecule has 0 bridgehead atoms. The smallest absolute Gasteiger partial charge is 0.278 e. The third-order valence-electron chi connectivity index (χ3n) is 3.34. The molecule has 0 unspecified atom stereocenters. The molecule has 0 fully saturated rings. The molecule has 2 aromatic heterocycles. The van der Waals surface area contributed by atoms with Gasteiger partial charge >= 0.3 is 0 Å². The van der Waals surface area contributed by atoms with Crippen molar-refractivity contribution in [3.8, 4) is 11.3 Å². The third kappa shape index (κ3) is 2.60. The van der Waals surface area contributed by atoms with Crippen molar-refractivity contribution in [3.05, 3.63) is 58.8 Å². The van der Waals surface area contributed by atoms with E-state index in [0.717, 1.165) is 0 Å². The van der Waals surface area contributed by atoms with E-state index in [9.17, 15) is 9.18 Å². The molecule has 0 spiro atoms. The van der Waals surface area contributed by atoms with Gasteiger partial charge in [0.05, 0.1) is 13.2 Å². The Bertz CT molecular complexity index is 859. The van der Waals surface area contributed by atoms with Gasteiger partial charge < -0.3 is 4.74 Å². The van der Waals surface area contributed by atoms with Crippen LogP contribution in [0.2, 0.25) is 0 Å². The predicted octanol–water partition coefficient (Wildman–Crippen LogP) is 2.24. The number of aromatic nitrogens is 3. The third-order valence-corrected chi connectivity index (χ3v) is 3.34. The molecular weight excluding hydrogens is 285 g/mol. The number of ether oxygens (including phenoxy) is 1. The summed E-state index contributed by atoms with van der Waals surface area (Å²) in [6, 6.07) is 9.25. The Morgan fingerprint density at radius 1 is 1.23 bits per heavy atom. The Labute approximate surface area is 126 Å². The topological polar surface area (TPSA) is 57.0 Å². The van der Waals surface area contributed by atoms with Crippen molar-refractivity contribution in [2.24, 2.45) is 0 Å². The van der Waals surface area contributed by atoms with E-state index in [1.54, 1.807) is 37.6 Å². The molecule has 0 aliphatic heterocycles. The van der Waals surface area contributed by atoms with Crippen LogP contribution < -0.4 is 5.56 Å². The van der Waals surface area contributed by atoms with Crippen LogP contribution in [0.4, 0.5) is 4.39 Å². The van der Waals surface area contributed by atoms with Gasteiger partial charge in [-0.2, -0.15) is 0 Å². The number of hydrogen-bond donors (Lipinski definition) is 0. The molecule has 0 radical (unpaired) electrons. The largest absolute Gasteiger partial charge is 0.383 e. The van der Waals surface area contributed by atoms with Crippen LogP contribution in [0.15, 0.2) is 47.4 Å². The van der Waals surface area contributed by atoms with Crippen LogP contribution >= 0.6 is 0 Å². The van der Waals surface area contributed by atoms with E-state index in [2.05, 4.69) is 9.97 Å². The summed E-state index contributed by atoms with van der Waals surface area (Å²) in [7, 11) is 1.57. The Kier molecular flexibility index (Phi) is 3.93. The number of nitrogens with zero attached hydrogens (tertiary/aromatic N) is 3. The molecule has 6 heteroatoms. The maximum absolute atomic E-state index is 13.1. The summed E-state index contributed by atoms with van der Waals surface area (Å²) in [6.45, 7) is 0.762. The average Bonchev–Trinajstić information content (AvgIpc) is 2.54. The monoisotopic (exact) mass is 299 g/mol. The number of halogens is 1. The van der Waals surface area contributed by atoms with E-state index in [1.165, 1.54) is 16.7 Å². The second-order valence-electron chi connectivity index (χ2n) is 4.76. The standard InChI is InChI=1S/C16H14FN3O2/c1-22-10-9-20-15-13(3-2-8-18-15)19-14(16(20)21)11-4-6-12(17)7-5-11/h2-8H,9-10H2,1H3. The zero-order valence-electron chi connectivity index (χ0n) is 12.0. The number of hydrogen-bond acceptors (Lipinski definition) is 4. The summed E-state index contributed by atoms with van der Waals surface area (Å²) in [6.07, 6.45) is 1.62. The molecule has 1 aromatic carbocycles. The first kappa shape index (κ1) is 14.3. The SMILES string of the molecule is COCCn1c(=O)c(-c2ccc(F)cc2)nc2cccnc21. The second-order valence-corrected chi connectivity index (χ2v) is 4.76. The highest BCUT2D eigenvalue weighted by molar-refractivity contribution is 5.74. The van der Waals surface area contributed by atoms with Gasteiger partial charge in [0.25, 0.3) is 5.56 Å². The fraction of sp³-hybridized carbons (Fsp3) is 0.188. The van der Waals surface area contributed by atoms with Crippen LogP contribution in [-0.4, -0.2) is 28.3 Å². The fourth-order valence-electron chi connectivity index (χ4n) is 2.26. The van der Waals surface area contributed by atoms with Gasteiger partial charge in [-0.3, -0.25) is 9.36 Å². The van der Waals surface area contributed by atoms with E-state index >= 15 is 0 Å². The molecule has 0 amide bonds. The molecule has 0 aliphatic carbocycles. The molecule has 5 nitrogen and oxygen atoms in total. The van der Waals surface area contributed by atoms with Gasteiger partial charge in [-0.15, -0.1) is 0 Å². The summed E-state index contributed by atoms with van der Waals surface area (Å²) in [5.74, 6) is -0.356. The highest BCUT2D eigenvalue weighted by Crippen LogP contribution is 2.17. The van der Waals surface area contributed by atoms with E-state index in [4.69, 9.17) is 4.74 Å². The quantitative estimate of drug-likeness (QED) is 0.741. The number of pyridine rings is 1. The summed E-state index contributed by atoms with van der Waals surface area (Å²) >= 11 is 0. The van der Waals surface area contributed by atoms with Crippen molar-refractivity contribution in [2.75, 3.05) is 13.7 Å². The van der Waals surface area contributed by atoms with Gasteiger partial charge in [-0.25, -0.2) is 14.4 Å². The van der Waals surface area contributed by atoms with Crippen molar-refractivity contribution in [2.45, 2.75) is 6.54 Å². The van der Waals surface area contributed by atoms with Crippen LogP contribution in [0.5, 0.6) is 0 Å². The Morgan fingerprint density at radius 2 is 2.00 bits per heavy atom. The molecule has 0 aliphatic rings. The lowest BCUT2D eigenvalue weighted by atomic mass is 10.1. The number of rotatable bonds is 4. The van der Waals surface area contributed by atoms with E-state index in [0.29, 0.717) is 29.9 Å². The number of benzene rings is 1. The molecule has 22 heavy (non-hydrogen) atoms. The van der Waals surface area contributed by atoms with Crippen molar-refractivity contribution in [1.29, 1.82) is 0 Å². The van der Waals surface area contributed by atoms with Gasteiger partial charge in [0, 0.05) is 18.9 Å². The minimum Gasteiger partial charge on any atom is -0.383 e. The van der Waals surface area contributed by atoms with Crippen molar-refractivity contribution >= 4 is 11.2 Å². The molecule has 0 atom stereocenters. The fourth-order valence-corrected chi connectivity index (χ4v) is 2.26. The Morgan fingerprint density at radius 3 is 2.73 bits per heavy atom. The highest BCUT2D eigenvalue weighted by Gasteiger charge is 2.13. The highest BCUT2D eigenvalue weighted by atomic mass is 19.1. The molecule has 112 valence electrons. The van der Waals surface area contributed by atoms with E-state index in [-0.39, 0.29) is 17.1 Å². The molecule has 0 N–H and O–H groups in total. The van der Waals surface area contributed by atoms with Crippen LogP contribution in [0.3, 0.4) is 0 Å². The first-order valence-corrected chi connectivity index (χ1v) is 6.81. The summed E-state index contributed by atoms with van der Waals surface area (Å²) in [4.78, 5) is 21.3. The van der Waals surface area contributed by atoms with Crippen LogP contribution in [0.25, 0.3) is 22.4 Å². The molecule has 2 heterocycles. The van der Waals surface area contributed by atoms with Gasteiger partial charge in [0.1, 0.15) is 17.0 Å². The summed E-state index contributed by atoms with van der Waals surface area (Å²) < 4.78 is 19.7. The number of methoxy groups -OCH3 is 1. The lowest BCUT2D eigenvalue weighted by Gasteiger charge is -2.11. The first-order valence-electron chi connectivity index (χ1n) is 6.81. The average molecular weight is 299 g/mol. The van der Waals surface area contributed by atoms with Crippen molar-refractivity contribution in [1.82, 2.24) is 14.5 Å². The maximum Gasteiger partial charge on any atom is 0.278 e. The molecule has 0 saturated carbocycles. The summed E-state index contributed by atoms with van der Waals surface area (Å²) in [5.41, 5.74) is 1.70. The van der Waals surface area contributed by atoms with Gasteiger partial charge in [-0.05, 0) is 36.4 Å². The zero-order valence-corrected chi connectivity index (χ0v) is 12.0. The minimum atomic E-state index is -0.356. The van der Waals surface area contributed by atoms with Crippen LogP contribution in [0.1, 0.15) is 0 Å². The zero-order chi connectivity index (χ0) is 15.5. The van der Waals surface area contributed by atoms with Crippen LogP contribution in [0, 0.1) is 5.82 Å². The van der Waals surface area contributed by atoms with Crippen molar-refractivity contribution < 1.29 is 9.13 Å². The van der Waals surface area contributed by atoms with E-state index in [1.807, 2.05) is 0 Å². The van der Waals surface area contributed by atoms with Gasteiger partial charge in [0.15, 0.2) is 5.65 Å². The van der Waals surface area contributed by atoms with Gasteiger partial charge in [0.2, 0.25) is 0 Å². The van der Waals surface area contributed by atoms with E-state index < -0.39 is 0 Å². The summed E-state index contributed by atoms with van der Waals surface area (Å²) in [5, 5.41) is 0. The van der Waals surface area contributed by atoms with Crippen molar-refractivity contribution in [3.63, 3.8) is 0 Å². The minimum absolute atomic E-state index is 0.269. The Balaban J connectivity index is 2.24. The molecule has 0 saturated heterocycles. The Hall–Kier alpha value is -2.60. The normalized spacial score (nSPS) is 11.0. The molecular formula is C16H14FN3O2.